The van der Waals surface area contributed by atoms with Gasteiger partial charge in [0.05, 0.1) is 11.8 Å². The Bertz CT molecular complexity index is 337. The first-order chi connectivity index (χ1) is 9.13. The fourth-order valence-electron chi connectivity index (χ4n) is 5.93. The van der Waals surface area contributed by atoms with Crippen LogP contribution in [0.1, 0.15) is 57.8 Å². The molecule has 0 aromatic heterocycles. The highest BCUT2D eigenvalue weighted by Gasteiger charge is 2.54. The zero-order valence-corrected chi connectivity index (χ0v) is 11.9. The van der Waals surface area contributed by atoms with Crippen LogP contribution in [-0.2, 0) is 0 Å². The fraction of sp³-hybridized carbons (Fsp3) is 1.00. The molecular weight excluding hydrogens is 236 g/mol. The molecule has 0 saturated heterocycles. The summed E-state index contributed by atoms with van der Waals surface area (Å²) >= 11 is 0. The lowest BCUT2D eigenvalue weighted by Gasteiger charge is -2.58. The van der Waals surface area contributed by atoms with E-state index in [0.29, 0.717) is 23.8 Å². The van der Waals surface area contributed by atoms with Gasteiger partial charge in [0.15, 0.2) is 0 Å². The van der Waals surface area contributed by atoms with E-state index in [1.165, 1.54) is 38.5 Å². The first-order valence-corrected chi connectivity index (χ1v) is 8.37. The van der Waals surface area contributed by atoms with Crippen LogP contribution in [-0.4, -0.2) is 22.9 Å². The molecule has 5 aliphatic carbocycles. The fourth-order valence-corrected chi connectivity index (χ4v) is 5.93. The Morgan fingerprint density at radius 2 is 1.68 bits per heavy atom. The third kappa shape index (κ3) is 2.14. The van der Waals surface area contributed by atoms with Gasteiger partial charge >= 0.3 is 0 Å². The molecule has 5 rings (SSSR count). The van der Waals surface area contributed by atoms with Crippen molar-refractivity contribution in [2.75, 3.05) is 0 Å². The number of nitrogens with one attached hydrogen (secondary N) is 1. The smallest absolute Gasteiger partial charge is 0.0657 e. The highest BCUT2D eigenvalue weighted by atomic mass is 16.3. The van der Waals surface area contributed by atoms with Gasteiger partial charge in [-0.3, -0.25) is 5.32 Å². The standard InChI is InChI=1S/C16H28N2O/c17-15(11-3-1-2-4-11)18-14-12-5-10-6-13(14)9-16(19,7-10)8-12/h10-15,18-19H,1-9,17H2. The van der Waals surface area contributed by atoms with Crippen LogP contribution in [0.25, 0.3) is 0 Å². The molecule has 5 saturated carbocycles. The van der Waals surface area contributed by atoms with Crippen LogP contribution in [0, 0.1) is 23.7 Å². The van der Waals surface area contributed by atoms with Crippen LogP contribution in [0.4, 0.5) is 0 Å². The van der Waals surface area contributed by atoms with Gasteiger partial charge in [-0.05, 0) is 68.6 Å². The van der Waals surface area contributed by atoms with Crippen LogP contribution < -0.4 is 11.1 Å². The highest BCUT2D eigenvalue weighted by Crippen LogP contribution is 2.55. The largest absolute Gasteiger partial charge is 0.390 e. The molecule has 0 heterocycles. The molecule has 3 heteroatoms. The van der Waals surface area contributed by atoms with E-state index in [9.17, 15) is 5.11 Å². The number of nitrogens with two attached hydrogens (primary N) is 1. The molecule has 5 fully saturated rings. The summed E-state index contributed by atoms with van der Waals surface area (Å²) in [6, 6.07) is 0.590. The third-order valence-electron chi connectivity index (χ3n) is 6.53. The minimum atomic E-state index is -0.313. The lowest BCUT2D eigenvalue weighted by Crippen LogP contribution is -2.64. The zero-order valence-electron chi connectivity index (χ0n) is 11.9. The van der Waals surface area contributed by atoms with E-state index in [4.69, 9.17) is 5.73 Å². The molecular formula is C16H28N2O. The Morgan fingerprint density at radius 1 is 1.05 bits per heavy atom. The van der Waals surface area contributed by atoms with Crippen molar-refractivity contribution in [1.29, 1.82) is 0 Å². The van der Waals surface area contributed by atoms with Gasteiger partial charge < -0.3 is 10.8 Å². The van der Waals surface area contributed by atoms with Gasteiger partial charge in [-0.2, -0.15) is 0 Å². The second kappa shape index (κ2) is 4.44. The first kappa shape index (κ1) is 12.6. The number of rotatable bonds is 3. The van der Waals surface area contributed by atoms with Crippen LogP contribution in [0.3, 0.4) is 0 Å². The van der Waals surface area contributed by atoms with E-state index < -0.39 is 0 Å². The molecule has 108 valence electrons. The molecule has 3 atom stereocenters. The maximum absolute atomic E-state index is 10.6. The average Bonchev–Trinajstić information content (AvgIpc) is 2.85. The van der Waals surface area contributed by atoms with Gasteiger partial charge in [0.1, 0.15) is 0 Å². The van der Waals surface area contributed by atoms with E-state index in [0.717, 1.165) is 25.2 Å². The molecule has 3 nitrogen and oxygen atoms in total. The Kier molecular flexibility index (Phi) is 2.95. The first-order valence-electron chi connectivity index (χ1n) is 8.37. The second-order valence-corrected chi connectivity index (χ2v) is 7.96. The quantitative estimate of drug-likeness (QED) is 0.683. The molecule has 5 aliphatic rings. The van der Waals surface area contributed by atoms with E-state index >= 15 is 0 Å². The Morgan fingerprint density at radius 3 is 2.26 bits per heavy atom. The number of hydrogen-bond donors (Lipinski definition) is 3. The molecule has 0 spiro atoms. The minimum Gasteiger partial charge on any atom is -0.390 e. The predicted molar refractivity (Wildman–Crippen MR) is 75.4 cm³/mol. The van der Waals surface area contributed by atoms with Crippen LogP contribution in [0.2, 0.25) is 0 Å². The summed E-state index contributed by atoms with van der Waals surface area (Å²) in [5, 5.41) is 14.4. The molecule has 19 heavy (non-hydrogen) atoms. The van der Waals surface area contributed by atoms with Crippen molar-refractivity contribution in [3.63, 3.8) is 0 Å². The van der Waals surface area contributed by atoms with Crippen molar-refractivity contribution in [1.82, 2.24) is 5.32 Å². The van der Waals surface area contributed by atoms with Crippen molar-refractivity contribution in [3.8, 4) is 0 Å². The molecule has 0 amide bonds. The van der Waals surface area contributed by atoms with Crippen LogP contribution >= 0.6 is 0 Å². The molecule has 0 aromatic rings. The molecule has 4 bridgehead atoms. The maximum atomic E-state index is 10.6. The SMILES string of the molecule is NC(NC1C2CC3CC1CC(O)(C3)C2)C1CCCC1. The van der Waals surface area contributed by atoms with Crippen LogP contribution in [0.5, 0.6) is 0 Å². The third-order valence-corrected chi connectivity index (χ3v) is 6.53. The van der Waals surface area contributed by atoms with E-state index in [1.807, 2.05) is 0 Å². The summed E-state index contributed by atoms with van der Waals surface area (Å²) in [6.45, 7) is 0. The summed E-state index contributed by atoms with van der Waals surface area (Å²) in [7, 11) is 0. The summed E-state index contributed by atoms with van der Waals surface area (Å²) in [4.78, 5) is 0. The van der Waals surface area contributed by atoms with Crippen LogP contribution in [0.15, 0.2) is 0 Å². The Hall–Kier alpha value is -0.120. The summed E-state index contributed by atoms with van der Waals surface area (Å²) in [5.41, 5.74) is 6.10. The molecule has 0 radical (unpaired) electrons. The lowest BCUT2D eigenvalue weighted by atomic mass is 9.52. The lowest BCUT2D eigenvalue weighted by molar-refractivity contribution is -0.140. The summed E-state index contributed by atoms with van der Waals surface area (Å²) in [5.74, 6) is 2.86. The summed E-state index contributed by atoms with van der Waals surface area (Å²) < 4.78 is 0. The summed E-state index contributed by atoms with van der Waals surface area (Å²) in [6.07, 6.45) is 11.3. The van der Waals surface area contributed by atoms with Gasteiger partial charge in [0.25, 0.3) is 0 Å². The zero-order chi connectivity index (χ0) is 13.0. The minimum absolute atomic E-state index is 0.194. The molecule has 4 N–H and O–H groups in total. The van der Waals surface area contributed by atoms with Crippen molar-refractivity contribution in [3.05, 3.63) is 0 Å². The van der Waals surface area contributed by atoms with Gasteiger partial charge in [-0.15, -0.1) is 0 Å². The normalized spacial score (nSPS) is 50.8. The second-order valence-electron chi connectivity index (χ2n) is 7.96. The average molecular weight is 264 g/mol. The highest BCUT2D eigenvalue weighted by molar-refractivity contribution is 5.08. The van der Waals surface area contributed by atoms with Crippen molar-refractivity contribution in [2.24, 2.45) is 29.4 Å². The predicted octanol–water partition coefficient (Wildman–Crippen LogP) is 1.99. The maximum Gasteiger partial charge on any atom is 0.0657 e. The van der Waals surface area contributed by atoms with E-state index in [1.54, 1.807) is 0 Å². The number of aliphatic hydroxyl groups is 1. The van der Waals surface area contributed by atoms with Gasteiger partial charge in [-0.1, -0.05) is 12.8 Å². The van der Waals surface area contributed by atoms with Gasteiger partial charge in [0, 0.05) is 6.04 Å². The van der Waals surface area contributed by atoms with Crippen molar-refractivity contribution < 1.29 is 5.11 Å². The molecule has 0 aromatic carbocycles. The molecule has 3 unspecified atom stereocenters. The van der Waals surface area contributed by atoms with Crippen molar-refractivity contribution in [2.45, 2.75) is 75.6 Å². The monoisotopic (exact) mass is 264 g/mol. The Labute approximate surface area is 116 Å². The molecule has 0 aliphatic heterocycles. The van der Waals surface area contributed by atoms with Crippen molar-refractivity contribution >= 4 is 0 Å². The Balaban J connectivity index is 1.44. The van der Waals surface area contributed by atoms with Gasteiger partial charge in [0.2, 0.25) is 0 Å². The number of hydrogen-bond acceptors (Lipinski definition) is 3. The van der Waals surface area contributed by atoms with Gasteiger partial charge in [-0.25, -0.2) is 0 Å². The topological polar surface area (TPSA) is 58.3 Å². The van der Waals surface area contributed by atoms with E-state index in [2.05, 4.69) is 5.32 Å². The van der Waals surface area contributed by atoms with E-state index in [-0.39, 0.29) is 11.8 Å².